The molecule has 1 saturated heterocycles. The van der Waals surface area contributed by atoms with E-state index >= 15 is 0 Å². The lowest BCUT2D eigenvalue weighted by Crippen LogP contribution is -2.33. The van der Waals surface area contributed by atoms with Crippen molar-refractivity contribution in [2.75, 3.05) is 6.61 Å². The highest BCUT2D eigenvalue weighted by Gasteiger charge is 2.41. The minimum absolute atomic E-state index is 0.542. The molecule has 1 rings (SSSR count). The lowest BCUT2D eigenvalue weighted by molar-refractivity contribution is -0.132. The Morgan fingerprint density at radius 2 is 2.00 bits per heavy atom. The second kappa shape index (κ2) is 2.81. The van der Waals surface area contributed by atoms with E-state index in [1.165, 1.54) is 0 Å². The Balaban J connectivity index is 2.71. The SMILES string of the molecule is [2H][C@@]1(O)C(O)O[C@H](CO)C1O. The number of rotatable bonds is 1. The zero-order valence-corrected chi connectivity index (χ0v) is 5.14. The highest BCUT2D eigenvalue weighted by atomic mass is 16.6. The van der Waals surface area contributed by atoms with Crippen molar-refractivity contribution >= 4 is 0 Å². The molecule has 4 atom stereocenters. The van der Waals surface area contributed by atoms with Crippen molar-refractivity contribution in [1.29, 1.82) is 0 Å². The third-order valence-electron chi connectivity index (χ3n) is 1.39. The fraction of sp³-hybridized carbons (Fsp3) is 1.00. The predicted octanol–water partition coefficient (Wildman–Crippen LogP) is -2.58. The molecule has 1 aliphatic rings. The monoisotopic (exact) mass is 151 g/mol. The number of aliphatic hydroxyl groups excluding tert-OH is 3. The van der Waals surface area contributed by atoms with Crippen molar-refractivity contribution < 1.29 is 26.5 Å². The first kappa shape index (κ1) is 6.51. The number of aliphatic hydroxyl groups is 4. The molecular weight excluding hydrogens is 140 g/mol. The summed E-state index contributed by atoms with van der Waals surface area (Å²) in [6.45, 7) is -0.542. The van der Waals surface area contributed by atoms with E-state index in [0.29, 0.717) is 0 Å². The zero-order valence-electron chi connectivity index (χ0n) is 6.14. The minimum atomic E-state index is -2.44. The van der Waals surface area contributed by atoms with E-state index in [9.17, 15) is 0 Å². The maximum absolute atomic E-state index is 9.00. The van der Waals surface area contributed by atoms with E-state index in [-0.39, 0.29) is 0 Å². The van der Waals surface area contributed by atoms with Gasteiger partial charge in [-0.05, 0) is 0 Å². The molecule has 5 nitrogen and oxygen atoms in total. The number of hydrogen-bond donors (Lipinski definition) is 4. The van der Waals surface area contributed by atoms with E-state index in [1.807, 2.05) is 0 Å². The first-order valence-corrected chi connectivity index (χ1v) is 2.85. The minimum Gasteiger partial charge on any atom is -0.394 e. The Bertz CT molecular complexity index is 150. The summed E-state index contributed by atoms with van der Waals surface area (Å²) < 4.78 is 11.4. The molecule has 4 N–H and O–H groups in total. The summed E-state index contributed by atoms with van der Waals surface area (Å²) in [7, 11) is 0. The molecule has 1 aliphatic heterocycles. The van der Waals surface area contributed by atoms with Gasteiger partial charge in [-0.2, -0.15) is 0 Å². The van der Waals surface area contributed by atoms with Crippen molar-refractivity contribution in [2.45, 2.75) is 24.6 Å². The average molecular weight is 151 g/mol. The molecule has 0 aromatic rings. The van der Waals surface area contributed by atoms with Gasteiger partial charge >= 0.3 is 0 Å². The number of ether oxygens (including phenoxy) is 1. The average Bonchev–Trinajstić information content (AvgIpc) is 2.14. The molecule has 0 saturated carbocycles. The molecule has 0 aliphatic carbocycles. The summed E-state index contributed by atoms with van der Waals surface area (Å²) in [6, 6.07) is 0. The molecule has 0 spiro atoms. The van der Waals surface area contributed by atoms with Crippen LogP contribution in [0.15, 0.2) is 0 Å². The molecule has 10 heavy (non-hydrogen) atoms. The third kappa shape index (κ3) is 1.14. The summed E-state index contributed by atoms with van der Waals surface area (Å²) in [5, 5.41) is 35.3. The smallest absolute Gasteiger partial charge is 0.184 e. The normalized spacial score (nSPS) is 56.8. The van der Waals surface area contributed by atoms with Crippen molar-refractivity contribution in [3.63, 3.8) is 0 Å². The van der Waals surface area contributed by atoms with E-state index < -0.39 is 31.2 Å². The topological polar surface area (TPSA) is 90.2 Å². The maximum atomic E-state index is 9.00. The van der Waals surface area contributed by atoms with Crippen molar-refractivity contribution in [1.82, 2.24) is 0 Å². The van der Waals surface area contributed by atoms with Gasteiger partial charge in [0.2, 0.25) is 0 Å². The zero-order chi connectivity index (χ0) is 8.65. The number of hydrogen-bond acceptors (Lipinski definition) is 5. The Hall–Kier alpha value is -0.200. The molecule has 60 valence electrons. The van der Waals surface area contributed by atoms with Gasteiger partial charge in [0.15, 0.2) is 6.29 Å². The van der Waals surface area contributed by atoms with Crippen molar-refractivity contribution in [3.05, 3.63) is 0 Å². The summed E-state index contributed by atoms with van der Waals surface area (Å²) in [5.41, 5.74) is 0. The molecule has 0 aromatic heterocycles. The summed E-state index contributed by atoms with van der Waals surface area (Å²) in [4.78, 5) is 0. The second-order valence-electron chi connectivity index (χ2n) is 2.08. The maximum Gasteiger partial charge on any atom is 0.184 e. The third-order valence-corrected chi connectivity index (χ3v) is 1.39. The molecule has 0 bridgehead atoms. The molecule has 0 amide bonds. The Kier molecular flexibility index (Phi) is 1.83. The van der Waals surface area contributed by atoms with E-state index in [4.69, 9.17) is 21.8 Å². The fourth-order valence-electron chi connectivity index (χ4n) is 0.789. The van der Waals surface area contributed by atoms with Crippen LogP contribution in [0.25, 0.3) is 0 Å². The quantitative estimate of drug-likeness (QED) is 0.330. The van der Waals surface area contributed by atoms with Crippen LogP contribution < -0.4 is 0 Å². The van der Waals surface area contributed by atoms with Crippen LogP contribution in [0, 0.1) is 0 Å². The van der Waals surface area contributed by atoms with Crippen LogP contribution in [0.1, 0.15) is 1.37 Å². The Morgan fingerprint density at radius 1 is 1.40 bits per heavy atom. The lowest BCUT2D eigenvalue weighted by Gasteiger charge is -2.09. The van der Waals surface area contributed by atoms with Gasteiger partial charge < -0.3 is 25.2 Å². The highest BCUT2D eigenvalue weighted by molar-refractivity contribution is 4.84. The summed E-state index contributed by atoms with van der Waals surface area (Å²) in [6.07, 6.45) is -6.88. The second-order valence-corrected chi connectivity index (χ2v) is 2.08. The van der Waals surface area contributed by atoms with Crippen LogP contribution in [0.2, 0.25) is 0 Å². The van der Waals surface area contributed by atoms with Crippen LogP contribution >= 0.6 is 0 Å². The van der Waals surface area contributed by atoms with Crippen LogP contribution in [0.4, 0.5) is 0 Å². The molecule has 0 aromatic carbocycles. The largest absolute Gasteiger partial charge is 0.394 e. The molecule has 5 heteroatoms. The van der Waals surface area contributed by atoms with Gasteiger partial charge in [-0.3, -0.25) is 0 Å². The lowest BCUT2D eigenvalue weighted by atomic mass is 10.1. The predicted molar refractivity (Wildman–Crippen MR) is 30.0 cm³/mol. The van der Waals surface area contributed by atoms with Crippen LogP contribution in [0.5, 0.6) is 0 Å². The summed E-state index contributed by atoms with van der Waals surface area (Å²) >= 11 is 0. The Morgan fingerprint density at radius 3 is 2.20 bits per heavy atom. The molecule has 0 radical (unpaired) electrons. The first-order valence-electron chi connectivity index (χ1n) is 3.35. The molecule has 1 fully saturated rings. The van der Waals surface area contributed by atoms with Gasteiger partial charge in [0, 0.05) is 0 Å². The van der Waals surface area contributed by atoms with Gasteiger partial charge in [-0.15, -0.1) is 0 Å². The van der Waals surface area contributed by atoms with Crippen LogP contribution in [-0.2, 0) is 4.74 Å². The van der Waals surface area contributed by atoms with Gasteiger partial charge in [-0.25, -0.2) is 0 Å². The first-order chi connectivity index (χ1) is 5.00. The van der Waals surface area contributed by atoms with E-state index in [0.717, 1.165) is 0 Å². The van der Waals surface area contributed by atoms with E-state index in [1.54, 1.807) is 0 Å². The highest BCUT2D eigenvalue weighted by Crippen LogP contribution is 2.18. The van der Waals surface area contributed by atoms with E-state index in [2.05, 4.69) is 4.74 Å². The van der Waals surface area contributed by atoms with Crippen LogP contribution in [-0.4, -0.2) is 51.6 Å². The Labute approximate surface area is 58.9 Å². The molecule has 1 heterocycles. The van der Waals surface area contributed by atoms with Gasteiger partial charge in [-0.1, -0.05) is 0 Å². The van der Waals surface area contributed by atoms with Gasteiger partial charge in [0.05, 0.1) is 7.98 Å². The standard InChI is InChI=1S/C5H10O5/c6-1-2-3(7)4(8)5(9)10-2/h2-9H,1H2/t2-,3?,4+,5?/m1/s1/i4D. The van der Waals surface area contributed by atoms with Crippen molar-refractivity contribution in [2.24, 2.45) is 0 Å². The fourth-order valence-corrected chi connectivity index (χ4v) is 0.789. The van der Waals surface area contributed by atoms with Crippen LogP contribution in [0.3, 0.4) is 0 Å². The van der Waals surface area contributed by atoms with Crippen molar-refractivity contribution in [3.8, 4) is 0 Å². The van der Waals surface area contributed by atoms with Gasteiger partial charge in [0.1, 0.15) is 18.3 Å². The molecule has 2 unspecified atom stereocenters. The van der Waals surface area contributed by atoms with Gasteiger partial charge in [0.25, 0.3) is 0 Å². The summed E-state index contributed by atoms with van der Waals surface area (Å²) in [5.74, 6) is 0. The molecular formula is C5H10O5.